The molecule has 0 rings (SSSR count). The number of unbranched alkanes of at least 4 members (excludes halogenated alkanes) is 30. The lowest BCUT2D eigenvalue weighted by Crippen LogP contribution is -2.35. The molecule has 52 heavy (non-hydrogen) atoms. The monoisotopic (exact) mass is 741 g/mol. The topological polar surface area (TPSA) is 80.3 Å². The van der Waals surface area contributed by atoms with E-state index in [2.05, 4.69) is 56.1 Å². The maximum atomic E-state index is 9.50. The van der Waals surface area contributed by atoms with Crippen LogP contribution in [0.15, 0.2) is 0 Å². The SMILES string of the molecule is CCCCCCCCCCCCCCCCCC[N+](C)(C)C.CCCCCCCCCCCCCCCCCC[N+](C)(C)C.O=C([O-])CCC(=O)[O-]. The van der Waals surface area contributed by atoms with Crippen molar-refractivity contribution < 1.29 is 28.8 Å². The van der Waals surface area contributed by atoms with Gasteiger partial charge in [0.2, 0.25) is 0 Å². The van der Waals surface area contributed by atoms with Crippen molar-refractivity contribution in [3.63, 3.8) is 0 Å². The largest absolute Gasteiger partial charge is 0.550 e. The third kappa shape index (κ3) is 63.9. The molecule has 0 N–H and O–H groups in total. The van der Waals surface area contributed by atoms with Crippen LogP contribution in [-0.2, 0) is 9.59 Å². The molecule has 6 heteroatoms. The third-order valence-corrected chi connectivity index (χ3v) is 9.90. The van der Waals surface area contributed by atoms with Crippen molar-refractivity contribution in [3.05, 3.63) is 0 Å². The Morgan fingerprint density at radius 2 is 0.462 bits per heavy atom. The Labute approximate surface area is 327 Å². The van der Waals surface area contributed by atoms with E-state index in [1.165, 1.54) is 219 Å². The minimum Gasteiger partial charge on any atom is -0.550 e. The molecule has 0 aliphatic rings. The predicted octanol–water partition coefficient (Wildman–Crippen LogP) is 11.2. The van der Waals surface area contributed by atoms with Crippen molar-refractivity contribution >= 4 is 11.9 Å². The van der Waals surface area contributed by atoms with Crippen LogP contribution in [-0.4, -0.2) is 76.3 Å². The molecule has 0 aromatic heterocycles. The second-order valence-electron chi connectivity index (χ2n) is 17.9. The average Bonchev–Trinajstić information content (AvgIpc) is 3.06. The van der Waals surface area contributed by atoms with Crippen LogP contribution in [0.5, 0.6) is 0 Å². The highest BCUT2D eigenvalue weighted by Crippen LogP contribution is 2.15. The Morgan fingerprint density at radius 3 is 0.596 bits per heavy atom. The molecule has 6 nitrogen and oxygen atoms in total. The summed E-state index contributed by atoms with van der Waals surface area (Å²) < 4.78 is 2.25. The van der Waals surface area contributed by atoms with Crippen molar-refractivity contribution in [2.45, 2.75) is 232 Å². The van der Waals surface area contributed by atoms with E-state index < -0.39 is 24.8 Å². The molecule has 0 fully saturated rings. The second-order valence-corrected chi connectivity index (χ2v) is 17.9. The number of carboxylic acid groups (broad SMARTS) is 2. The zero-order chi connectivity index (χ0) is 39.6. The highest BCUT2D eigenvalue weighted by atomic mass is 16.4. The Balaban J connectivity index is -0.000000764. The lowest BCUT2D eigenvalue weighted by molar-refractivity contribution is -0.870. The van der Waals surface area contributed by atoms with Crippen LogP contribution >= 0.6 is 0 Å². The molecule has 0 saturated carbocycles. The summed E-state index contributed by atoms with van der Waals surface area (Å²) in [6.07, 6.45) is 45.8. The van der Waals surface area contributed by atoms with Crippen molar-refractivity contribution in [1.29, 1.82) is 0 Å². The number of nitrogens with zero attached hydrogens (tertiary/aromatic N) is 2. The fourth-order valence-electron chi connectivity index (χ4n) is 6.47. The quantitative estimate of drug-likeness (QED) is 0.0469. The number of carbonyl (C=O) groups is 2. The second kappa shape index (κ2) is 42.6. The molecule has 0 aromatic rings. The molecule has 0 saturated heterocycles. The van der Waals surface area contributed by atoms with E-state index in [9.17, 15) is 19.8 Å². The molecule has 0 heterocycles. The zero-order valence-corrected chi connectivity index (χ0v) is 37.0. The van der Waals surface area contributed by atoms with Crippen molar-refractivity contribution in [2.75, 3.05) is 55.4 Å². The first kappa shape index (κ1) is 55.2. The molecular weight excluding hydrogens is 645 g/mol. The summed E-state index contributed by atoms with van der Waals surface area (Å²) in [7, 11) is 13.8. The first-order valence-electron chi connectivity index (χ1n) is 22.8. The summed E-state index contributed by atoms with van der Waals surface area (Å²) in [5, 5.41) is 19.0. The van der Waals surface area contributed by atoms with Crippen LogP contribution in [0.25, 0.3) is 0 Å². The highest BCUT2D eigenvalue weighted by molar-refractivity contribution is 5.72. The highest BCUT2D eigenvalue weighted by Gasteiger charge is 2.06. The maximum Gasteiger partial charge on any atom is 0.0780 e. The summed E-state index contributed by atoms with van der Waals surface area (Å²) in [4.78, 5) is 19.0. The molecule has 314 valence electrons. The normalized spacial score (nSPS) is 11.5. The zero-order valence-electron chi connectivity index (χ0n) is 37.0. The van der Waals surface area contributed by atoms with Gasteiger partial charge in [0.05, 0.1) is 55.4 Å². The Bertz CT molecular complexity index is 654. The van der Waals surface area contributed by atoms with Gasteiger partial charge in [0.1, 0.15) is 0 Å². The molecule has 0 bridgehead atoms. The van der Waals surface area contributed by atoms with Gasteiger partial charge in [-0.05, 0) is 38.5 Å². The van der Waals surface area contributed by atoms with Crippen LogP contribution in [0.4, 0.5) is 0 Å². The van der Waals surface area contributed by atoms with E-state index in [4.69, 9.17) is 0 Å². The van der Waals surface area contributed by atoms with Gasteiger partial charge >= 0.3 is 0 Å². The van der Waals surface area contributed by atoms with Gasteiger partial charge < -0.3 is 28.8 Å². The van der Waals surface area contributed by atoms with E-state index in [1.54, 1.807) is 0 Å². The van der Waals surface area contributed by atoms with E-state index in [0.29, 0.717) is 0 Å². The number of carbonyl (C=O) groups excluding carboxylic acids is 2. The molecule has 0 aromatic carbocycles. The summed E-state index contributed by atoms with van der Waals surface area (Å²) in [6.45, 7) is 7.26. The van der Waals surface area contributed by atoms with Crippen LogP contribution < -0.4 is 10.2 Å². The van der Waals surface area contributed by atoms with Gasteiger partial charge in [0.25, 0.3) is 0 Å². The van der Waals surface area contributed by atoms with Crippen LogP contribution in [0.1, 0.15) is 232 Å². The molecule has 0 aliphatic heterocycles. The molecule has 0 unspecified atom stereocenters. The van der Waals surface area contributed by atoms with Crippen molar-refractivity contribution in [2.24, 2.45) is 0 Å². The van der Waals surface area contributed by atoms with Gasteiger partial charge in [0, 0.05) is 11.9 Å². The summed E-state index contributed by atoms with van der Waals surface area (Å²) in [5.41, 5.74) is 0. The van der Waals surface area contributed by atoms with Gasteiger partial charge in [0.15, 0.2) is 0 Å². The number of carboxylic acids is 2. The van der Waals surface area contributed by atoms with E-state index in [-0.39, 0.29) is 0 Å². The Kier molecular flexibility index (Phi) is 45.2. The average molecular weight is 741 g/mol. The number of aliphatic carboxylic acids is 2. The summed E-state index contributed by atoms with van der Waals surface area (Å²) >= 11 is 0. The summed E-state index contributed by atoms with van der Waals surface area (Å²) in [5.74, 6) is -2.73. The molecule has 0 amide bonds. The molecule has 0 spiro atoms. The minimum atomic E-state index is -1.37. The first-order valence-corrected chi connectivity index (χ1v) is 22.8. The van der Waals surface area contributed by atoms with Gasteiger partial charge in [-0.15, -0.1) is 0 Å². The third-order valence-electron chi connectivity index (χ3n) is 9.90. The number of rotatable bonds is 37. The smallest absolute Gasteiger partial charge is 0.0780 e. The van der Waals surface area contributed by atoms with Crippen LogP contribution in [0.2, 0.25) is 0 Å². The standard InChI is InChI=1S/2C21H46N.C4H6O4/c2*1-5-6-7-8-9-10-11-12-13-14-15-16-17-18-19-20-21-22(2,3)4;5-3(6)1-2-4(7)8/h2*5-21H2,1-4H3;1-2H2,(H,5,6)(H,7,8)/q2*+1;/p-2. The fourth-order valence-corrected chi connectivity index (χ4v) is 6.47. The van der Waals surface area contributed by atoms with Crippen LogP contribution in [0.3, 0.4) is 0 Å². The Morgan fingerprint density at radius 1 is 0.308 bits per heavy atom. The van der Waals surface area contributed by atoms with E-state index >= 15 is 0 Å². The van der Waals surface area contributed by atoms with Gasteiger partial charge in [-0.25, -0.2) is 0 Å². The van der Waals surface area contributed by atoms with E-state index in [0.717, 1.165) is 8.97 Å². The van der Waals surface area contributed by atoms with Gasteiger partial charge in [-0.2, -0.15) is 0 Å². The van der Waals surface area contributed by atoms with Crippen molar-refractivity contribution in [1.82, 2.24) is 0 Å². The molecule has 0 aliphatic carbocycles. The lowest BCUT2D eigenvalue weighted by Gasteiger charge is -2.23. The Hall–Kier alpha value is -1.14. The van der Waals surface area contributed by atoms with Crippen LogP contribution in [0, 0.1) is 0 Å². The maximum absolute atomic E-state index is 9.50. The number of hydrogen-bond acceptors (Lipinski definition) is 4. The van der Waals surface area contributed by atoms with Gasteiger partial charge in [-0.1, -0.05) is 194 Å². The number of quaternary nitrogens is 2. The van der Waals surface area contributed by atoms with Crippen molar-refractivity contribution in [3.8, 4) is 0 Å². The lowest BCUT2D eigenvalue weighted by atomic mass is 10.0. The molecule has 0 atom stereocenters. The first-order chi connectivity index (χ1) is 24.7. The van der Waals surface area contributed by atoms with Gasteiger partial charge in [-0.3, -0.25) is 0 Å². The number of hydrogen-bond donors (Lipinski definition) is 0. The minimum absolute atomic E-state index is 0.470. The fraction of sp³-hybridized carbons (Fsp3) is 0.957. The molecular formula is C46H96N2O4. The van der Waals surface area contributed by atoms with E-state index in [1.807, 2.05) is 0 Å². The summed E-state index contributed by atoms with van der Waals surface area (Å²) in [6, 6.07) is 0. The predicted molar refractivity (Wildman–Crippen MR) is 224 cm³/mol. The molecule has 0 radical (unpaired) electrons.